The third-order valence-electron chi connectivity index (χ3n) is 3.20. The fourth-order valence-electron chi connectivity index (χ4n) is 2.09. The Morgan fingerprint density at radius 3 is 2.80 bits per heavy atom. The van der Waals surface area contributed by atoms with Gasteiger partial charge in [0.25, 0.3) is 0 Å². The molecule has 1 heterocycles. The molecule has 4 nitrogen and oxygen atoms in total. The molecule has 1 aromatic carbocycles. The largest absolute Gasteiger partial charge is 0.467 e. The summed E-state index contributed by atoms with van der Waals surface area (Å²) >= 11 is 0. The van der Waals surface area contributed by atoms with Gasteiger partial charge in [0.1, 0.15) is 5.76 Å². The molecule has 1 amide bonds. The number of furan rings is 1. The Morgan fingerprint density at radius 1 is 1.30 bits per heavy atom. The van der Waals surface area contributed by atoms with Gasteiger partial charge >= 0.3 is 0 Å². The van der Waals surface area contributed by atoms with Crippen LogP contribution in [0.2, 0.25) is 0 Å². The highest BCUT2D eigenvalue weighted by Crippen LogP contribution is 2.19. The van der Waals surface area contributed by atoms with Gasteiger partial charge < -0.3 is 14.6 Å². The molecule has 20 heavy (non-hydrogen) atoms. The maximum absolute atomic E-state index is 11.9. The van der Waals surface area contributed by atoms with Gasteiger partial charge in [0.15, 0.2) is 0 Å². The maximum Gasteiger partial charge on any atom is 0.239 e. The second-order valence-corrected chi connectivity index (χ2v) is 5.00. The number of carbonyl (C=O) groups excluding carboxylic acids is 1. The van der Waals surface area contributed by atoms with E-state index in [1.165, 1.54) is 5.56 Å². The Hall–Kier alpha value is -2.23. The summed E-state index contributed by atoms with van der Waals surface area (Å²) in [5.74, 6) is 0.734. The maximum atomic E-state index is 11.9. The Morgan fingerprint density at radius 2 is 2.10 bits per heavy atom. The third kappa shape index (κ3) is 3.63. The van der Waals surface area contributed by atoms with Crippen LogP contribution in [0.4, 0.5) is 5.69 Å². The van der Waals surface area contributed by atoms with Crippen molar-refractivity contribution < 1.29 is 9.21 Å². The molecule has 2 rings (SSSR count). The Labute approximate surface area is 119 Å². The number of likely N-dealkylation sites (N-methyl/N-ethyl adjacent to an activating group) is 1. The summed E-state index contributed by atoms with van der Waals surface area (Å²) in [7, 11) is 1.92. The minimum absolute atomic E-state index is 0.0233. The molecule has 0 unspecified atom stereocenters. The molecule has 0 aliphatic carbocycles. The Kier molecular flexibility index (Phi) is 4.45. The monoisotopic (exact) mass is 272 g/mol. The van der Waals surface area contributed by atoms with Crippen LogP contribution in [-0.4, -0.2) is 19.5 Å². The first-order chi connectivity index (χ1) is 9.56. The molecule has 0 saturated heterocycles. The van der Waals surface area contributed by atoms with Crippen LogP contribution >= 0.6 is 0 Å². The summed E-state index contributed by atoms with van der Waals surface area (Å²) < 4.78 is 5.18. The number of nitrogens with zero attached hydrogens (tertiary/aromatic N) is 1. The molecular formula is C16H20N2O2. The Bertz CT molecular complexity index is 576. The fraction of sp³-hybridized carbons (Fsp3) is 0.312. The van der Waals surface area contributed by atoms with E-state index in [4.69, 9.17) is 4.42 Å². The van der Waals surface area contributed by atoms with Crippen molar-refractivity contribution >= 4 is 11.6 Å². The molecule has 0 saturated carbocycles. The molecule has 0 spiro atoms. The van der Waals surface area contributed by atoms with Crippen LogP contribution < -0.4 is 10.2 Å². The summed E-state index contributed by atoms with van der Waals surface area (Å²) in [6.45, 7) is 4.84. The van der Waals surface area contributed by atoms with Gasteiger partial charge in [-0.3, -0.25) is 4.79 Å². The molecule has 0 radical (unpaired) electrons. The molecule has 0 bridgehead atoms. The lowest BCUT2D eigenvalue weighted by molar-refractivity contribution is -0.119. The normalized spacial score (nSPS) is 10.3. The zero-order valence-corrected chi connectivity index (χ0v) is 12.1. The van der Waals surface area contributed by atoms with Crippen molar-refractivity contribution in [3.63, 3.8) is 0 Å². The summed E-state index contributed by atoms with van der Waals surface area (Å²) in [6.07, 6.45) is 1.60. The van der Waals surface area contributed by atoms with Crippen molar-refractivity contribution in [2.75, 3.05) is 18.5 Å². The first kappa shape index (κ1) is 14.2. The number of carbonyl (C=O) groups is 1. The zero-order valence-electron chi connectivity index (χ0n) is 12.1. The van der Waals surface area contributed by atoms with Gasteiger partial charge in [-0.15, -0.1) is 0 Å². The van der Waals surface area contributed by atoms with Crippen LogP contribution in [0, 0.1) is 13.8 Å². The van der Waals surface area contributed by atoms with E-state index in [1.807, 2.05) is 37.9 Å². The zero-order chi connectivity index (χ0) is 14.5. The highest BCUT2D eigenvalue weighted by atomic mass is 16.3. The number of hydrogen-bond donors (Lipinski definition) is 1. The quantitative estimate of drug-likeness (QED) is 0.910. The van der Waals surface area contributed by atoms with Crippen molar-refractivity contribution in [3.05, 3.63) is 53.5 Å². The van der Waals surface area contributed by atoms with Crippen molar-refractivity contribution in [2.45, 2.75) is 20.4 Å². The van der Waals surface area contributed by atoms with E-state index in [9.17, 15) is 4.79 Å². The SMILES string of the molecule is Cc1ccc(C)c(N(C)CC(=O)NCc2ccco2)c1. The molecule has 106 valence electrons. The molecule has 4 heteroatoms. The van der Waals surface area contributed by atoms with Crippen LogP contribution in [0.5, 0.6) is 0 Å². The van der Waals surface area contributed by atoms with Gasteiger partial charge in [-0.25, -0.2) is 0 Å². The van der Waals surface area contributed by atoms with Crippen molar-refractivity contribution in [1.29, 1.82) is 0 Å². The van der Waals surface area contributed by atoms with Gasteiger partial charge in [0, 0.05) is 12.7 Å². The number of benzene rings is 1. The third-order valence-corrected chi connectivity index (χ3v) is 3.20. The molecule has 2 aromatic rings. The minimum Gasteiger partial charge on any atom is -0.467 e. The first-order valence-electron chi connectivity index (χ1n) is 6.64. The number of nitrogens with one attached hydrogen (secondary N) is 1. The summed E-state index contributed by atoms with van der Waals surface area (Å²) in [5, 5.41) is 2.85. The number of aryl methyl sites for hydroxylation is 2. The van der Waals surface area contributed by atoms with Gasteiger partial charge in [-0.1, -0.05) is 12.1 Å². The molecule has 0 aliphatic heterocycles. The molecule has 1 aromatic heterocycles. The average Bonchev–Trinajstić information content (AvgIpc) is 2.92. The van der Waals surface area contributed by atoms with Gasteiger partial charge in [0.2, 0.25) is 5.91 Å². The van der Waals surface area contributed by atoms with E-state index in [1.54, 1.807) is 6.26 Å². The van der Waals surface area contributed by atoms with Gasteiger partial charge in [0.05, 0.1) is 19.4 Å². The van der Waals surface area contributed by atoms with Gasteiger partial charge in [-0.2, -0.15) is 0 Å². The summed E-state index contributed by atoms with van der Waals surface area (Å²) in [5.41, 5.74) is 3.43. The van der Waals surface area contributed by atoms with Crippen LogP contribution in [-0.2, 0) is 11.3 Å². The predicted octanol–water partition coefficient (Wildman–Crippen LogP) is 2.65. The van der Waals surface area contributed by atoms with Crippen molar-refractivity contribution in [1.82, 2.24) is 5.32 Å². The minimum atomic E-state index is -0.0233. The summed E-state index contributed by atoms with van der Waals surface area (Å²) in [6, 6.07) is 9.89. The van der Waals surface area contributed by atoms with Crippen LogP contribution in [0.15, 0.2) is 41.0 Å². The highest BCUT2D eigenvalue weighted by Gasteiger charge is 2.10. The second-order valence-electron chi connectivity index (χ2n) is 5.00. The fourth-order valence-corrected chi connectivity index (χ4v) is 2.09. The number of anilines is 1. The van der Waals surface area contributed by atoms with E-state index in [0.29, 0.717) is 13.1 Å². The topological polar surface area (TPSA) is 45.5 Å². The van der Waals surface area contributed by atoms with E-state index in [2.05, 4.69) is 23.5 Å². The predicted molar refractivity (Wildman–Crippen MR) is 79.7 cm³/mol. The molecule has 0 atom stereocenters. The lowest BCUT2D eigenvalue weighted by Crippen LogP contribution is -2.35. The number of hydrogen-bond acceptors (Lipinski definition) is 3. The number of amides is 1. The molecule has 0 aliphatic rings. The average molecular weight is 272 g/mol. The number of rotatable bonds is 5. The lowest BCUT2D eigenvalue weighted by atomic mass is 10.1. The van der Waals surface area contributed by atoms with Gasteiger partial charge in [-0.05, 0) is 43.2 Å². The van der Waals surface area contributed by atoms with E-state index >= 15 is 0 Å². The van der Waals surface area contributed by atoms with E-state index in [-0.39, 0.29) is 5.91 Å². The van der Waals surface area contributed by atoms with Crippen LogP contribution in [0.1, 0.15) is 16.9 Å². The molecular weight excluding hydrogens is 252 g/mol. The second kappa shape index (κ2) is 6.28. The highest BCUT2D eigenvalue weighted by molar-refractivity contribution is 5.81. The smallest absolute Gasteiger partial charge is 0.239 e. The van der Waals surface area contributed by atoms with E-state index < -0.39 is 0 Å². The molecule has 1 N–H and O–H groups in total. The van der Waals surface area contributed by atoms with E-state index in [0.717, 1.165) is 17.0 Å². The lowest BCUT2D eigenvalue weighted by Gasteiger charge is -2.21. The standard InChI is InChI=1S/C16H20N2O2/c1-12-6-7-13(2)15(9-12)18(3)11-16(19)17-10-14-5-4-8-20-14/h4-9H,10-11H2,1-3H3,(H,17,19). The van der Waals surface area contributed by atoms with Crippen LogP contribution in [0.25, 0.3) is 0 Å². The Balaban J connectivity index is 1.91. The summed E-state index contributed by atoms with van der Waals surface area (Å²) in [4.78, 5) is 13.9. The van der Waals surface area contributed by atoms with Crippen LogP contribution in [0.3, 0.4) is 0 Å². The first-order valence-corrected chi connectivity index (χ1v) is 6.64. The molecule has 0 fully saturated rings. The van der Waals surface area contributed by atoms with Crippen molar-refractivity contribution in [3.8, 4) is 0 Å². The van der Waals surface area contributed by atoms with Crippen molar-refractivity contribution in [2.24, 2.45) is 0 Å².